The summed E-state index contributed by atoms with van der Waals surface area (Å²) >= 11 is 0. The average molecular weight is 421 g/mol. The lowest BCUT2D eigenvalue weighted by Gasteiger charge is -2.14. The van der Waals surface area contributed by atoms with Gasteiger partial charge in [-0.2, -0.15) is 4.52 Å². The number of nitrogens with one attached hydrogen (secondary N) is 1. The highest BCUT2D eigenvalue weighted by molar-refractivity contribution is 5.96. The molecule has 0 fully saturated rings. The highest BCUT2D eigenvalue weighted by Crippen LogP contribution is 2.33. The molecule has 31 heavy (non-hydrogen) atoms. The molecule has 2 aromatic heterocycles. The molecule has 0 unspecified atom stereocenters. The van der Waals surface area contributed by atoms with Crippen molar-refractivity contribution in [2.24, 2.45) is 0 Å². The van der Waals surface area contributed by atoms with Crippen molar-refractivity contribution in [2.75, 3.05) is 19.5 Å². The van der Waals surface area contributed by atoms with Gasteiger partial charge in [0, 0.05) is 23.6 Å². The molecule has 0 aliphatic rings. The number of para-hydroxylation sites is 1. The van der Waals surface area contributed by atoms with E-state index in [0.29, 0.717) is 46.0 Å². The monoisotopic (exact) mass is 421 g/mol. The Morgan fingerprint density at radius 2 is 1.81 bits per heavy atom. The molecule has 9 nitrogen and oxygen atoms in total. The van der Waals surface area contributed by atoms with Gasteiger partial charge in [-0.05, 0) is 24.6 Å². The number of ether oxygens (including phenoxy) is 2. The minimum atomic E-state index is -0.451. The molecular weight excluding hydrogens is 398 g/mol. The van der Waals surface area contributed by atoms with E-state index in [1.165, 1.54) is 23.3 Å². The zero-order chi connectivity index (χ0) is 22.0. The lowest BCUT2D eigenvalue weighted by atomic mass is 10.2. The highest BCUT2D eigenvalue weighted by atomic mass is 16.5. The second kappa shape index (κ2) is 8.47. The number of anilines is 1. The predicted molar refractivity (Wildman–Crippen MR) is 117 cm³/mol. The molecule has 0 radical (unpaired) electrons. The summed E-state index contributed by atoms with van der Waals surface area (Å²) in [6.45, 7) is 1.82. The van der Waals surface area contributed by atoms with Gasteiger partial charge in [0.2, 0.25) is 5.91 Å². The van der Waals surface area contributed by atoms with Crippen molar-refractivity contribution in [3.63, 3.8) is 0 Å². The average Bonchev–Trinajstić information content (AvgIpc) is 3.21. The van der Waals surface area contributed by atoms with E-state index in [2.05, 4.69) is 15.4 Å². The van der Waals surface area contributed by atoms with Crippen LogP contribution >= 0.6 is 0 Å². The van der Waals surface area contributed by atoms with Crippen LogP contribution in [0.1, 0.15) is 19.2 Å². The fraction of sp³-hybridized carbons (Fsp3) is 0.273. The second-order valence-electron chi connectivity index (χ2n) is 7.02. The smallest absolute Gasteiger partial charge is 0.351 e. The summed E-state index contributed by atoms with van der Waals surface area (Å²) in [5.41, 5.74) is 1.13. The van der Waals surface area contributed by atoms with Crippen molar-refractivity contribution in [3.8, 4) is 11.5 Å². The first-order chi connectivity index (χ1) is 15.0. The van der Waals surface area contributed by atoms with Crippen LogP contribution in [0.2, 0.25) is 0 Å². The number of rotatable bonds is 7. The van der Waals surface area contributed by atoms with Crippen LogP contribution in [0.15, 0.2) is 47.3 Å². The summed E-state index contributed by atoms with van der Waals surface area (Å²) < 4.78 is 13.5. The van der Waals surface area contributed by atoms with Crippen molar-refractivity contribution in [1.29, 1.82) is 0 Å². The molecular formula is C22H23N5O4. The molecule has 0 atom stereocenters. The summed E-state index contributed by atoms with van der Waals surface area (Å²) in [5.74, 6) is 1.18. The first-order valence-corrected chi connectivity index (χ1v) is 9.94. The first-order valence-electron chi connectivity index (χ1n) is 9.94. The van der Waals surface area contributed by atoms with E-state index < -0.39 is 5.69 Å². The van der Waals surface area contributed by atoms with Gasteiger partial charge in [0.25, 0.3) is 0 Å². The molecule has 1 amide bonds. The second-order valence-corrected chi connectivity index (χ2v) is 7.02. The van der Waals surface area contributed by atoms with Gasteiger partial charge in [-0.15, -0.1) is 5.10 Å². The Hall–Kier alpha value is -3.88. The maximum Gasteiger partial charge on any atom is 0.351 e. The van der Waals surface area contributed by atoms with Crippen molar-refractivity contribution in [3.05, 3.63) is 58.8 Å². The number of aryl methyl sites for hydroxylation is 1. The van der Waals surface area contributed by atoms with Gasteiger partial charge >= 0.3 is 5.69 Å². The molecule has 0 bridgehead atoms. The normalized spacial score (nSPS) is 11.1. The standard InChI is InChI=1S/C22H23N5O4/c1-4-8-19-24-21-15-11-17(30-2)18(31-3)12-16(15)26(22(29)27(21)25-19)13-20(28)23-14-9-6-5-7-10-14/h5-7,9-12H,4,8,13H2,1-3H3,(H,23,28). The van der Waals surface area contributed by atoms with E-state index in [0.717, 1.165) is 6.42 Å². The number of carbonyl (C=O) groups is 1. The lowest BCUT2D eigenvalue weighted by Crippen LogP contribution is -2.32. The van der Waals surface area contributed by atoms with E-state index in [1.54, 1.807) is 24.3 Å². The molecule has 0 aliphatic carbocycles. The Labute approximate surface area is 178 Å². The summed E-state index contributed by atoms with van der Waals surface area (Å²) in [5, 5.41) is 7.82. The fourth-order valence-corrected chi connectivity index (χ4v) is 3.50. The Balaban J connectivity index is 1.90. The summed E-state index contributed by atoms with van der Waals surface area (Å²) in [6, 6.07) is 12.5. The minimum absolute atomic E-state index is 0.196. The number of benzene rings is 2. The van der Waals surface area contributed by atoms with Crippen LogP contribution in [0.25, 0.3) is 16.6 Å². The molecule has 2 heterocycles. The lowest BCUT2D eigenvalue weighted by molar-refractivity contribution is -0.116. The molecule has 4 aromatic rings. The molecule has 0 saturated carbocycles. The zero-order valence-corrected chi connectivity index (χ0v) is 17.6. The Bertz CT molecular complexity index is 1310. The van der Waals surface area contributed by atoms with Gasteiger partial charge in [0.1, 0.15) is 6.54 Å². The summed E-state index contributed by atoms with van der Waals surface area (Å²) in [4.78, 5) is 30.6. The van der Waals surface area contributed by atoms with Crippen molar-refractivity contribution >= 4 is 28.1 Å². The Morgan fingerprint density at radius 3 is 2.48 bits per heavy atom. The van der Waals surface area contributed by atoms with Crippen LogP contribution in [0.4, 0.5) is 5.69 Å². The van der Waals surface area contributed by atoms with E-state index in [9.17, 15) is 9.59 Å². The third kappa shape index (κ3) is 3.81. The zero-order valence-electron chi connectivity index (χ0n) is 17.6. The predicted octanol–water partition coefficient (Wildman–Crippen LogP) is 2.65. The summed E-state index contributed by atoms with van der Waals surface area (Å²) in [7, 11) is 3.06. The number of carbonyl (C=O) groups excluding carboxylic acids is 1. The van der Waals surface area contributed by atoms with Crippen LogP contribution < -0.4 is 20.5 Å². The van der Waals surface area contributed by atoms with Gasteiger partial charge < -0.3 is 14.8 Å². The van der Waals surface area contributed by atoms with Gasteiger partial charge in [0.05, 0.1) is 19.7 Å². The number of amides is 1. The number of fused-ring (bicyclic) bond motifs is 3. The Morgan fingerprint density at radius 1 is 1.10 bits per heavy atom. The van der Waals surface area contributed by atoms with Crippen LogP contribution in [0.5, 0.6) is 11.5 Å². The number of nitrogens with zero attached hydrogens (tertiary/aromatic N) is 4. The molecule has 0 spiro atoms. The minimum Gasteiger partial charge on any atom is -0.493 e. The van der Waals surface area contributed by atoms with E-state index >= 15 is 0 Å². The molecule has 0 aliphatic heterocycles. The number of hydrogen-bond donors (Lipinski definition) is 1. The number of methoxy groups -OCH3 is 2. The molecule has 1 N–H and O–H groups in total. The number of aromatic nitrogens is 4. The van der Waals surface area contributed by atoms with Crippen molar-refractivity contribution < 1.29 is 14.3 Å². The third-order valence-corrected chi connectivity index (χ3v) is 4.93. The van der Waals surface area contributed by atoms with Gasteiger partial charge in [-0.25, -0.2) is 9.78 Å². The fourth-order valence-electron chi connectivity index (χ4n) is 3.50. The topological polar surface area (TPSA) is 99.7 Å². The molecule has 4 rings (SSSR count). The largest absolute Gasteiger partial charge is 0.493 e. The maximum absolute atomic E-state index is 13.3. The van der Waals surface area contributed by atoms with E-state index in [-0.39, 0.29) is 12.5 Å². The molecule has 160 valence electrons. The SMILES string of the molecule is CCCc1nc2c3cc(OC)c(OC)cc3n(CC(=O)Nc3ccccc3)c(=O)n2n1. The van der Waals surface area contributed by atoms with Crippen LogP contribution in [-0.4, -0.2) is 39.3 Å². The molecule has 0 saturated heterocycles. The third-order valence-electron chi connectivity index (χ3n) is 4.93. The quantitative estimate of drug-likeness (QED) is 0.492. The van der Waals surface area contributed by atoms with Crippen LogP contribution in [0.3, 0.4) is 0 Å². The van der Waals surface area contributed by atoms with Gasteiger partial charge in [0.15, 0.2) is 23.0 Å². The Kier molecular flexibility index (Phi) is 5.57. The highest BCUT2D eigenvalue weighted by Gasteiger charge is 2.19. The maximum atomic E-state index is 13.3. The van der Waals surface area contributed by atoms with E-state index in [1.807, 2.05) is 25.1 Å². The van der Waals surface area contributed by atoms with Crippen LogP contribution in [0, 0.1) is 0 Å². The molecule has 2 aromatic carbocycles. The first kappa shape index (κ1) is 20.4. The number of hydrogen-bond acceptors (Lipinski definition) is 6. The van der Waals surface area contributed by atoms with Crippen molar-refractivity contribution in [1.82, 2.24) is 19.2 Å². The molecule has 9 heteroatoms. The van der Waals surface area contributed by atoms with Crippen LogP contribution in [-0.2, 0) is 17.8 Å². The van der Waals surface area contributed by atoms with Gasteiger partial charge in [-0.1, -0.05) is 25.1 Å². The summed E-state index contributed by atoms with van der Waals surface area (Å²) in [6.07, 6.45) is 1.49. The van der Waals surface area contributed by atoms with E-state index in [4.69, 9.17) is 9.47 Å². The van der Waals surface area contributed by atoms with Crippen molar-refractivity contribution in [2.45, 2.75) is 26.3 Å². The van der Waals surface area contributed by atoms with Gasteiger partial charge in [-0.3, -0.25) is 9.36 Å².